The molecule has 20 heavy (non-hydrogen) atoms. The van der Waals surface area contributed by atoms with Crippen LogP contribution in [0, 0.1) is 6.92 Å². The van der Waals surface area contributed by atoms with Crippen molar-refractivity contribution in [3.8, 4) is 0 Å². The zero-order valence-electron chi connectivity index (χ0n) is 12.5. The fourth-order valence-corrected chi connectivity index (χ4v) is 2.35. The number of rotatable bonds is 6. The maximum absolute atomic E-state index is 5.64. The molecule has 0 saturated heterocycles. The molecule has 0 saturated carbocycles. The first-order chi connectivity index (χ1) is 9.72. The Morgan fingerprint density at radius 1 is 0.900 bits per heavy atom. The van der Waals surface area contributed by atoms with Crippen LogP contribution in [-0.2, 0) is 19.6 Å². The number of hydrogen-bond donors (Lipinski definition) is 1. The molecule has 106 valence electrons. The Bertz CT molecular complexity index is 531. The van der Waals surface area contributed by atoms with Crippen molar-refractivity contribution in [2.24, 2.45) is 5.73 Å². The van der Waals surface area contributed by atoms with Crippen molar-refractivity contribution in [1.82, 2.24) is 4.90 Å². The highest BCUT2D eigenvalue weighted by molar-refractivity contribution is 5.26. The largest absolute Gasteiger partial charge is 0.326 e. The maximum atomic E-state index is 5.64. The third kappa shape index (κ3) is 3.92. The minimum atomic E-state index is 0.612. The summed E-state index contributed by atoms with van der Waals surface area (Å²) in [7, 11) is 0. The summed E-state index contributed by atoms with van der Waals surface area (Å²) in [6.07, 6.45) is 0. The molecule has 2 heteroatoms. The predicted octanol–water partition coefficient (Wildman–Crippen LogP) is 3.48. The van der Waals surface area contributed by atoms with E-state index < -0.39 is 0 Å². The average molecular weight is 268 g/mol. The van der Waals surface area contributed by atoms with Gasteiger partial charge in [0.15, 0.2) is 0 Å². The molecule has 0 heterocycles. The van der Waals surface area contributed by atoms with Crippen molar-refractivity contribution >= 4 is 0 Å². The minimum absolute atomic E-state index is 0.612. The Hall–Kier alpha value is -1.64. The van der Waals surface area contributed by atoms with Crippen LogP contribution in [0.25, 0.3) is 0 Å². The summed E-state index contributed by atoms with van der Waals surface area (Å²) in [5.41, 5.74) is 10.9. The summed E-state index contributed by atoms with van der Waals surface area (Å²) < 4.78 is 0. The molecular formula is C18H24N2. The summed E-state index contributed by atoms with van der Waals surface area (Å²) in [6.45, 7) is 8.04. The topological polar surface area (TPSA) is 29.3 Å². The van der Waals surface area contributed by atoms with E-state index in [1.165, 1.54) is 22.3 Å². The molecule has 0 aliphatic carbocycles. The van der Waals surface area contributed by atoms with Gasteiger partial charge in [0.05, 0.1) is 0 Å². The molecule has 2 aromatic carbocycles. The second-order valence-corrected chi connectivity index (χ2v) is 5.25. The standard InChI is InChI=1S/C18H24N2/c1-3-20(14-18-7-5-4-6-15(18)2)13-17-10-8-16(12-19)9-11-17/h4-11H,3,12-14,19H2,1-2H3. The lowest BCUT2D eigenvalue weighted by molar-refractivity contribution is 0.271. The summed E-state index contributed by atoms with van der Waals surface area (Å²) in [4.78, 5) is 2.46. The maximum Gasteiger partial charge on any atom is 0.0239 e. The van der Waals surface area contributed by atoms with Crippen LogP contribution in [0.2, 0.25) is 0 Å². The quantitative estimate of drug-likeness (QED) is 0.869. The molecule has 0 radical (unpaired) electrons. The summed E-state index contributed by atoms with van der Waals surface area (Å²) in [6, 6.07) is 17.2. The first kappa shape index (κ1) is 14.8. The number of nitrogens with two attached hydrogens (primary N) is 1. The molecule has 2 rings (SSSR count). The molecule has 0 fully saturated rings. The van der Waals surface area contributed by atoms with Crippen LogP contribution < -0.4 is 5.73 Å². The van der Waals surface area contributed by atoms with Gasteiger partial charge in [0.25, 0.3) is 0 Å². The van der Waals surface area contributed by atoms with Crippen LogP contribution in [-0.4, -0.2) is 11.4 Å². The summed E-state index contributed by atoms with van der Waals surface area (Å²) >= 11 is 0. The number of aryl methyl sites for hydroxylation is 1. The van der Waals surface area contributed by atoms with Crippen molar-refractivity contribution in [2.75, 3.05) is 6.54 Å². The fraction of sp³-hybridized carbons (Fsp3) is 0.333. The van der Waals surface area contributed by atoms with Gasteiger partial charge < -0.3 is 5.73 Å². The highest BCUT2D eigenvalue weighted by atomic mass is 15.1. The first-order valence-corrected chi connectivity index (χ1v) is 7.27. The first-order valence-electron chi connectivity index (χ1n) is 7.27. The Morgan fingerprint density at radius 3 is 2.15 bits per heavy atom. The SMILES string of the molecule is CCN(Cc1ccc(CN)cc1)Cc1ccccc1C. The molecule has 2 N–H and O–H groups in total. The molecular weight excluding hydrogens is 244 g/mol. The highest BCUT2D eigenvalue weighted by Crippen LogP contribution is 2.13. The van der Waals surface area contributed by atoms with Crippen molar-refractivity contribution < 1.29 is 0 Å². The van der Waals surface area contributed by atoms with Crippen molar-refractivity contribution in [3.05, 3.63) is 70.8 Å². The van der Waals surface area contributed by atoms with E-state index >= 15 is 0 Å². The zero-order valence-corrected chi connectivity index (χ0v) is 12.5. The van der Waals surface area contributed by atoms with Gasteiger partial charge in [0.1, 0.15) is 0 Å². The second-order valence-electron chi connectivity index (χ2n) is 5.25. The Balaban J connectivity index is 2.03. The molecule has 2 nitrogen and oxygen atoms in total. The van der Waals surface area contributed by atoms with E-state index in [2.05, 4.69) is 67.3 Å². The summed E-state index contributed by atoms with van der Waals surface area (Å²) in [5, 5.41) is 0. The Kier molecular flexibility index (Phi) is 5.33. The molecule has 2 aromatic rings. The van der Waals surface area contributed by atoms with Gasteiger partial charge in [-0.15, -0.1) is 0 Å². The molecule has 0 aliphatic rings. The van der Waals surface area contributed by atoms with Crippen LogP contribution in [0.4, 0.5) is 0 Å². The normalized spacial score (nSPS) is 11.0. The van der Waals surface area contributed by atoms with Gasteiger partial charge >= 0.3 is 0 Å². The minimum Gasteiger partial charge on any atom is -0.326 e. The monoisotopic (exact) mass is 268 g/mol. The summed E-state index contributed by atoms with van der Waals surface area (Å²) in [5.74, 6) is 0. The van der Waals surface area contributed by atoms with E-state index in [1.54, 1.807) is 0 Å². The molecule has 0 aliphatic heterocycles. The third-order valence-electron chi connectivity index (χ3n) is 3.77. The van der Waals surface area contributed by atoms with E-state index in [0.29, 0.717) is 6.54 Å². The lowest BCUT2D eigenvalue weighted by Crippen LogP contribution is -2.22. The third-order valence-corrected chi connectivity index (χ3v) is 3.77. The smallest absolute Gasteiger partial charge is 0.0239 e. The van der Waals surface area contributed by atoms with Crippen LogP contribution in [0.5, 0.6) is 0 Å². The number of hydrogen-bond acceptors (Lipinski definition) is 2. The molecule has 0 spiro atoms. The number of nitrogens with zero attached hydrogens (tertiary/aromatic N) is 1. The van der Waals surface area contributed by atoms with Crippen LogP contribution in [0.15, 0.2) is 48.5 Å². The van der Waals surface area contributed by atoms with E-state index in [0.717, 1.165) is 19.6 Å². The van der Waals surface area contributed by atoms with E-state index in [9.17, 15) is 0 Å². The van der Waals surface area contributed by atoms with Gasteiger partial charge in [-0.2, -0.15) is 0 Å². The molecule has 0 amide bonds. The van der Waals surface area contributed by atoms with Crippen LogP contribution in [0.3, 0.4) is 0 Å². The fourth-order valence-electron chi connectivity index (χ4n) is 2.35. The van der Waals surface area contributed by atoms with E-state index in [-0.39, 0.29) is 0 Å². The lowest BCUT2D eigenvalue weighted by atomic mass is 10.1. The predicted molar refractivity (Wildman–Crippen MR) is 85.3 cm³/mol. The second kappa shape index (κ2) is 7.22. The van der Waals surface area contributed by atoms with Gasteiger partial charge in [-0.1, -0.05) is 55.5 Å². The van der Waals surface area contributed by atoms with E-state index in [1.807, 2.05) is 0 Å². The van der Waals surface area contributed by atoms with Gasteiger partial charge in [-0.3, -0.25) is 4.90 Å². The average Bonchev–Trinajstić information content (AvgIpc) is 2.49. The van der Waals surface area contributed by atoms with Crippen LogP contribution >= 0.6 is 0 Å². The number of benzene rings is 2. The molecule has 0 atom stereocenters. The molecule has 0 aromatic heterocycles. The lowest BCUT2D eigenvalue weighted by Gasteiger charge is -2.21. The van der Waals surface area contributed by atoms with Crippen molar-refractivity contribution in [1.29, 1.82) is 0 Å². The van der Waals surface area contributed by atoms with Gasteiger partial charge in [0.2, 0.25) is 0 Å². The van der Waals surface area contributed by atoms with Crippen molar-refractivity contribution in [2.45, 2.75) is 33.5 Å². The Labute approximate surface area is 122 Å². The van der Waals surface area contributed by atoms with Gasteiger partial charge in [-0.05, 0) is 35.7 Å². The van der Waals surface area contributed by atoms with E-state index in [4.69, 9.17) is 5.73 Å². The van der Waals surface area contributed by atoms with Gasteiger partial charge in [0, 0.05) is 19.6 Å². The molecule has 0 unspecified atom stereocenters. The van der Waals surface area contributed by atoms with Crippen LogP contribution in [0.1, 0.15) is 29.2 Å². The zero-order chi connectivity index (χ0) is 14.4. The van der Waals surface area contributed by atoms with Crippen molar-refractivity contribution in [3.63, 3.8) is 0 Å². The van der Waals surface area contributed by atoms with Gasteiger partial charge in [-0.25, -0.2) is 0 Å². The molecule has 0 bridgehead atoms. The Morgan fingerprint density at radius 2 is 1.55 bits per heavy atom. The highest BCUT2D eigenvalue weighted by Gasteiger charge is 2.06.